The minimum atomic E-state index is -1.88. The average Bonchev–Trinajstić information content (AvgIpc) is 3.48. The minimum absolute atomic E-state index is 0.333. The highest BCUT2D eigenvalue weighted by molar-refractivity contribution is 9.10. The van der Waals surface area contributed by atoms with Crippen molar-refractivity contribution in [3.63, 3.8) is 0 Å². The van der Waals surface area contributed by atoms with Crippen LogP contribution in [0.4, 0.5) is 11.4 Å². The van der Waals surface area contributed by atoms with Crippen molar-refractivity contribution in [2.75, 3.05) is 4.90 Å². The maximum Gasteiger partial charge on any atom is 0.0931 e. The number of allylic oxidation sites excluding steroid dienone is 2. The van der Waals surface area contributed by atoms with Crippen LogP contribution in [-0.4, -0.2) is 14.1 Å². The highest BCUT2D eigenvalue weighted by atomic mass is 79.9. The van der Waals surface area contributed by atoms with Gasteiger partial charge in [0.2, 0.25) is 0 Å². The Bertz CT molecular complexity index is 1530. The maximum atomic E-state index is 4.08. The molecular formula is C31H30BrNSi. The number of para-hydroxylation sites is 1. The molecule has 34 heavy (non-hydrogen) atoms. The van der Waals surface area contributed by atoms with Gasteiger partial charge >= 0.3 is 0 Å². The zero-order valence-electron chi connectivity index (χ0n) is 20.5. The highest BCUT2D eigenvalue weighted by Gasteiger charge is 2.41. The van der Waals surface area contributed by atoms with E-state index in [0.717, 1.165) is 0 Å². The lowest BCUT2D eigenvalue weighted by molar-refractivity contribution is 0.899. The SMILES string of the molecule is CC1=Cc2c(Br)c3c(cc2=C1[Si](C)(C)C1C=Cc2ccccc21)N(c1ccccc1)C(C)C=3C. The molecule has 2 aliphatic carbocycles. The van der Waals surface area contributed by atoms with Crippen molar-refractivity contribution in [1.29, 1.82) is 0 Å². The Morgan fingerprint density at radius 1 is 0.941 bits per heavy atom. The van der Waals surface area contributed by atoms with Gasteiger partial charge in [-0.1, -0.05) is 79.4 Å². The van der Waals surface area contributed by atoms with E-state index in [1.807, 2.05) is 0 Å². The van der Waals surface area contributed by atoms with E-state index in [0.29, 0.717) is 11.6 Å². The number of benzene rings is 3. The zero-order chi connectivity index (χ0) is 23.8. The molecule has 3 aromatic carbocycles. The largest absolute Gasteiger partial charge is 0.334 e. The Morgan fingerprint density at radius 2 is 1.65 bits per heavy atom. The summed E-state index contributed by atoms with van der Waals surface area (Å²) in [5, 5.41) is 4.40. The van der Waals surface area contributed by atoms with E-state index in [9.17, 15) is 0 Å². The Kier molecular flexibility index (Phi) is 4.95. The van der Waals surface area contributed by atoms with Crippen LogP contribution < -0.4 is 15.3 Å². The third-order valence-electron chi connectivity index (χ3n) is 8.23. The number of hydrogen-bond acceptors (Lipinski definition) is 1. The van der Waals surface area contributed by atoms with Gasteiger partial charge in [-0.25, -0.2) is 0 Å². The van der Waals surface area contributed by atoms with Crippen LogP contribution in [0, 0.1) is 0 Å². The molecule has 3 aromatic rings. The Hall–Kier alpha value is -2.62. The number of halogens is 1. The van der Waals surface area contributed by atoms with E-state index in [1.54, 1.807) is 5.20 Å². The van der Waals surface area contributed by atoms with Gasteiger partial charge in [-0.15, -0.1) is 0 Å². The van der Waals surface area contributed by atoms with Crippen LogP contribution >= 0.6 is 15.9 Å². The van der Waals surface area contributed by atoms with Crippen molar-refractivity contribution in [3.05, 3.63) is 104 Å². The predicted molar refractivity (Wildman–Crippen MR) is 153 cm³/mol. The molecule has 170 valence electrons. The monoisotopic (exact) mass is 523 g/mol. The van der Waals surface area contributed by atoms with Crippen LogP contribution in [0.2, 0.25) is 13.1 Å². The Morgan fingerprint density at radius 3 is 2.41 bits per heavy atom. The molecule has 0 amide bonds. The molecule has 0 saturated carbocycles. The number of hydrogen-bond donors (Lipinski definition) is 0. The van der Waals surface area contributed by atoms with Gasteiger partial charge in [-0.05, 0) is 87.6 Å². The van der Waals surface area contributed by atoms with Crippen molar-refractivity contribution in [1.82, 2.24) is 0 Å². The molecule has 0 fully saturated rings. The molecule has 6 rings (SSSR count). The van der Waals surface area contributed by atoms with Crippen molar-refractivity contribution >= 4 is 58.3 Å². The van der Waals surface area contributed by atoms with E-state index in [4.69, 9.17) is 0 Å². The van der Waals surface area contributed by atoms with E-state index >= 15 is 0 Å². The fourth-order valence-corrected chi connectivity index (χ4v) is 11.3. The highest BCUT2D eigenvalue weighted by Crippen LogP contribution is 2.44. The van der Waals surface area contributed by atoms with E-state index in [2.05, 4.69) is 134 Å². The van der Waals surface area contributed by atoms with Crippen molar-refractivity contribution in [3.8, 4) is 0 Å². The van der Waals surface area contributed by atoms with Gasteiger partial charge in [0.25, 0.3) is 0 Å². The molecule has 0 saturated heterocycles. The molecule has 0 bridgehead atoms. The Labute approximate surface area is 212 Å². The summed E-state index contributed by atoms with van der Waals surface area (Å²) < 4.78 is 1.25. The summed E-state index contributed by atoms with van der Waals surface area (Å²) in [6, 6.07) is 22.6. The number of nitrogens with zero attached hydrogens (tertiary/aromatic N) is 1. The van der Waals surface area contributed by atoms with Crippen molar-refractivity contribution in [2.45, 2.75) is 45.4 Å². The van der Waals surface area contributed by atoms with Crippen LogP contribution in [0.25, 0.3) is 22.9 Å². The first kappa shape index (κ1) is 21.9. The molecule has 0 spiro atoms. The normalized spacial score (nSPS) is 20.5. The number of anilines is 2. The first-order chi connectivity index (χ1) is 16.3. The van der Waals surface area contributed by atoms with Crippen LogP contribution in [0.5, 0.6) is 0 Å². The van der Waals surface area contributed by atoms with E-state index in [-0.39, 0.29) is 0 Å². The lowest BCUT2D eigenvalue weighted by Gasteiger charge is -2.32. The minimum Gasteiger partial charge on any atom is -0.334 e. The quantitative estimate of drug-likeness (QED) is 0.325. The summed E-state index contributed by atoms with van der Waals surface area (Å²) in [5.74, 6) is 0. The summed E-state index contributed by atoms with van der Waals surface area (Å²) in [7, 11) is -1.88. The third-order valence-corrected chi connectivity index (χ3v) is 13.1. The van der Waals surface area contributed by atoms with Gasteiger partial charge in [0.05, 0.1) is 19.8 Å². The molecule has 0 radical (unpaired) electrons. The van der Waals surface area contributed by atoms with Gasteiger partial charge in [0.15, 0.2) is 0 Å². The van der Waals surface area contributed by atoms with Gasteiger partial charge in [-0.2, -0.15) is 0 Å². The molecule has 0 aromatic heterocycles. The van der Waals surface area contributed by atoms with Gasteiger partial charge in [-0.3, -0.25) is 0 Å². The predicted octanol–water partition coefficient (Wildman–Crippen LogP) is 7.32. The second-order valence-electron chi connectivity index (χ2n) is 10.5. The lowest BCUT2D eigenvalue weighted by Crippen LogP contribution is -2.39. The smallest absolute Gasteiger partial charge is 0.0931 e. The summed E-state index contributed by atoms with van der Waals surface area (Å²) in [6.45, 7) is 12.0. The third kappa shape index (κ3) is 2.96. The molecule has 1 nitrogen and oxygen atoms in total. The van der Waals surface area contributed by atoms with Crippen molar-refractivity contribution in [2.24, 2.45) is 0 Å². The fraction of sp³-hybridized carbons (Fsp3) is 0.226. The Balaban J connectivity index is 1.61. The second kappa shape index (κ2) is 7.69. The molecule has 2 atom stereocenters. The standard InChI is InChI=1S/C31H30BrNSi/c1-19-17-25-26(31(19)34(4,5)28-16-15-22-11-9-10-14-24(22)28)18-27-29(30(25)32)20(2)21(3)33(27)23-12-7-6-8-13-23/h6-18,21,28H,1-5H3. The molecule has 1 aliphatic heterocycles. The zero-order valence-corrected chi connectivity index (χ0v) is 23.1. The first-order valence-corrected chi connectivity index (χ1v) is 16.1. The summed E-state index contributed by atoms with van der Waals surface area (Å²) >= 11 is 4.08. The van der Waals surface area contributed by atoms with Crippen molar-refractivity contribution < 1.29 is 0 Å². The maximum absolute atomic E-state index is 4.08. The summed E-state index contributed by atoms with van der Waals surface area (Å²) in [5.41, 5.74) is 10.2. The molecule has 0 N–H and O–H groups in total. The number of rotatable bonds is 3. The second-order valence-corrected chi connectivity index (χ2v) is 15.9. The van der Waals surface area contributed by atoms with Crippen LogP contribution in [0.3, 0.4) is 0 Å². The van der Waals surface area contributed by atoms with Crippen LogP contribution in [-0.2, 0) is 0 Å². The molecule has 3 aliphatic rings. The van der Waals surface area contributed by atoms with Gasteiger partial charge < -0.3 is 4.90 Å². The van der Waals surface area contributed by atoms with Crippen LogP contribution in [0.15, 0.2) is 76.8 Å². The molecule has 2 unspecified atom stereocenters. The first-order valence-electron chi connectivity index (χ1n) is 12.2. The fourth-order valence-electron chi connectivity index (χ4n) is 6.52. The van der Waals surface area contributed by atoms with E-state index < -0.39 is 8.07 Å². The molecular weight excluding hydrogens is 494 g/mol. The topological polar surface area (TPSA) is 3.24 Å². The van der Waals surface area contributed by atoms with Gasteiger partial charge in [0.1, 0.15) is 0 Å². The molecule has 3 heteroatoms. The van der Waals surface area contributed by atoms with Crippen LogP contribution in [0.1, 0.15) is 43.0 Å². The van der Waals surface area contributed by atoms with E-state index in [1.165, 1.54) is 54.1 Å². The number of fused-ring (bicyclic) bond motifs is 3. The summed E-state index contributed by atoms with van der Waals surface area (Å²) in [6.07, 6.45) is 7.23. The average molecular weight is 525 g/mol. The summed E-state index contributed by atoms with van der Waals surface area (Å²) in [4.78, 5) is 2.51. The van der Waals surface area contributed by atoms with Gasteiger partial charge in [0, 0.05) is 20.9 Å². The molecule has 1 heterocycles. The lowest BCUT2D eigenvalue weighted by atomic mass is 10.1.